The number of hydrogen-bond donors (Lipinski definition) is 1. The molecule has 0 atom stereocenters. The van der Waals surface area contributed by atoms with E-state index < -0.39 is 15.9 Å². The maximum absolute atomic E-state index is 12.7. The van der Waals surface area contributed by atoms with Gasteiger partial charge in [0.25, 0.3) is 0 Å². The van der Waals surface area contributed by atoms with Crippen molar-refractivity contribution in [3.05, 3.63) is 92.3 Å². The van der Waals surface area contributed by atoms with Gasteiger partial charge in [-0.25, -0.2) is 13.2 Å². The molecule has 2 aliphatic rings. The predicted molar refractivity (Wildman–Crippen MR) is 130 cm³/mol. The first kappa shape index (κ1) is 23.8. The van der Waals surface area contributed by atoms with E-state index in [1.165, 1.54) is 10.3 Å². The Morgan fingerprint density at radius 2 is 1.55 bits per heavy atom. The van der Waals surface area contributed by atoms with Crippen molar-refractivity contribution in [3.63, 3.8) is 0 Å². The lowest BCUT2D eigenvalue weighted by Crippen LogP contribution is -2.43. The van der Waals surface area contributed by atoms with E-state index in [1.807, 2.05) is 48.5 Å². The summed E-state index contributed by atoms with van der Waals surface area (Å²) in [6.45, 7) is 1.64. The number of halogens is 2. The molecule has 4 rings (SSSR count). The monoisotopic (exact) mass is 506 g/mol. The van der Waals surface area contributed by atoms with Crippen LogP contribution < -0.4 is 0 Å². The summed E-state index contributed by atoms with van der Waals surface area (Å²) in [5.74, 6) is -0.0677. The third-order valence-electron chi connectivity index (χ3n) is 5.86. The number of carbonyl (C=O) groups is 1. The van der Waals surface area contributed by atoms with Gasteiger partial charge in [0.2, 0.25) is 0 Å². The lowest BCUT2D eigenvalue weighted by atomic mass is 9.93. The van der Waals surface area contributed by atoms with Crippen LogP contribution in [0.1, 0.15) is 23.6 Å². The summed E-state index contributed by atoms with van der Waals surface area (Å²) in [5.41, 5.74) is 3.75. The molecule has 33 heavy (non-hydrogen) atoms. The minimum absolute atomic E-state index is 0.0394. The highest BCUT2D eigenvalue weighted by Gasteiger charge is 2.31. The number of carboxylic acid groups (broad SMARTS) is 1. The fourth-order valence-corrected chi connectivity index (χ4v) is 5.98. The van der Waals surface area contributed by atoms with E-state index in [1.54, 1.807) is 6.08 Å². The van der Waals surface area contributed by atoms with Crippen LogP contribution >= 0.6 is 23.2 Å². The van der Waals surface area contributed by atoms with Crippen LogP contribution in [-0.4, -0.2) is 61.3 Å². The number of nitrogens with zero attached hydrogens (tertiary/aromatic N) is 2. The van der Waals surface area contributed by atoms with Gasteiger partial charge in [0, 0.05) is 41.6 Å². The zero-order valence-electron chi connectivity index (χ0n) is 17.8. The molecule has 2 aromatic rings. The van der Waals surface area contributed by atoms with E-state index in [0.717, 1.165) is 22.3 Å². The molecule has 174 valence electrons. The van der Waals surface area contributed by atoms with Crippen LogP contribution in [0.3, 0.4) is 0 Å². The fourth-order valence-electron chi connectivity index (χ4n) is 4.21. The van der Waals surface area contributed by atoms with E-state index in [4.69, 9.17) is 28.3 Å². The fraction of sp³-hybridized carbons (Fsp3) is 0.292. The topological polar surface area (TPSA) is 77.9 Å². The molecule has 0 aliphatic carbocycles. The van der Waals surface area contributed by atoms with Gasteiger partial charge in [-0.1, -0.05) is 59.1 Å². The number of likely N-dealkylation sites (tertiary alicyclic amines) is 1. The Labute approximate surface area is 203 Å². The van der Waals surface area contributed by atoms with Gasteiger partial charge in [0.15, 0.2) is 9.84 Å². The lowest BCUT2D eigenvalue weighted by molar-refractivity contribution is 0.149. The molecule has 2 heterocycles. The molecule has 2 aromatic carbocycles. The molecule has 1 saturated heterocycles. The normalized spacial score (nSPS) is 17.0. The number of amides is 1. The van der Waals surface area contributed by atoms with Gasteiger partial charge in [-0.15, -0.1) is 0 Å². The molecule has 0 spiro atoms. The summed E-state index contributed by atoms with van der Waals surface area (Å²) in [6, 6.07) is 15.3. The van der Waals surface area contributed by atoms with Crippen LogP contribution in [0, 0.1) is 0 Å². The molecule has 1 fully saturated rings. The molecule has 9 heteroatoms. The predicted octanol–water partition coefficient (Wildman–Crippen LogP) is 5.01. The van der Waals surface area contributed by atoms with Crippen LogP contribution in [0.2, 0.25) is 10.0 Å². The van der Waals surface area contributed by atoms with Crippen molar-refractivity contribution >= 4 is 39.1 Å². The minimum atomic E-state index is -3.43. The van der Waals surface area contributed by atoms with Crippen molar-refractivity contribution < 1.29 is 18.3 Å². The van der Waals surface area contributed by atoms with Crippen LogP contribution in [0.4, 0.5) is 4.79 Å². The second-order valence-electron chi connectivity index (χ2n) is 8.33. The summed E-state index contributed by atoms with van der Waals surface area (Å²) in [4.78, 5) is 14.5. The van der Waals surface area contributed by atoms with Gasteiger partial charge in [-0.2, -0.15) is 0 Å². The molecular weight excluding hydrogens is 483 g/mol. The quantitative estimate of drug-likeness (QED) is 0.557. The molecule has 1 amide bonds. The van der Waals surface area contributed by atoms with E-state index in [2.05, 4.69) is 4.90 Å². The zero-order chi connectivity index (χ0) is 23.6. The second-order valence-corrected chi connectivity index (χ2v) is 11.1. The molecule has 6 nitrogen and oxygen atoms in total. The average Bonchev–Trinajstić information content (AvgIpc) is 2.74. The van der Waals surface area contributed by atoms with Crippen LogP contribution in [0.25, 0.3) is 0 Å². The first-order valence-electron chi connectivity index (χ1n) is 10.5. The molecule has 0 saturated carbocycles. The Balaban J connectivity index is 1.46. The van der Waals surface area contributed by atoms with E-state index >= 15 is 0 Å². The van der Waals surface area contributed by atoms with Gasteiger partial charge >= 0.3 is 6.09 Å². The summed E-state index contributed by atoms with van der Waals surface area (Å²) >= 11 is 12.1. The van der Waals surface area contributed by atoms with Crippen molar-refractivity contribution in [3.8, 4) is 0 Å². The van der Waals surface area contributed by atoms with Crippen LogP contribution in [0.5, 0.6) is 0 Å². The summed E-state index contributed by atoms with van der Waals surface area (Å²) in [5, 5.41) is 11.7. The van der Waals surface area contributed by atoms with Crippen molar-refractivity contribution in [2.24, 2.45) is 0 Å². The van der Waals surface area contributed by atoms with E-state index in [-0.39, 0.29) is 18.3 Å². The number of hydrogen-bond acceptors (Lipinski definition) is 4. The Morgan fingerprint density at radius 1 is 1.00 bits per heavy atom. The Morgan fingerprint density at radius 3 is 2.00 bits per heavy atom. The number of benzene rings is 2. The van der Waals surface area contributed by atoms with Gasteiger partial charge in [0.1, 0.15) is 0 Å². The maximum atomic E-state index is 12.7. The highest BCUT2D eigenvalue weighted by atomic mass is 35.5. The first-order valence-corrected chi connectivity index (χ1v) is 13.0. The molecule has 0 unspecified atom stereocenters. The van der Waals surface area contributed by atoms with Crippen LogP contribution in [-0.2, 0) is 9.84 Å². The molecule has 2 aliphatic heterocycles. The van der Waals surface area contributed by atoms with E-state index in [0.29, 0.717) is 36.1 Å². The lowest BCUT2D eigenvalue weighted by Gasteiger charge is -2.41. The summed E-state index contributed by atoms with van der Waals surface area (Å²) < 4.78 is 25.4. The van der Waals surface area contributed by atoms with E-state index in [9.17, 15) is 13.2 Å². The van der Waals surface area contributed by atoms with Crippen LogP contribution in [0.15, 0.2) is 71.2 Å². The minimum Gasteiger partial charge on any atom is -0.465 e. The first-order chi connectivity index (χ1) is 15.7. The number of sulfone groups is 1. The van der Waals surface area contributed by atoms with Crippen molar-refractivity contribution in [1.29, 1.82) is 0 Å². The van der Waals surface area contributed by atoms with Gasteiger partial charge in [-0.05, 0) is 47.4 Å². The molecule has 0 bridgehead atoms. The summed E-state index contributed by atoms with van der Waals surface area (Å²) in [6.07, 6.45) is 1.16. The highest BCUT2D eigenvalue weighted by Crippen LogP contribution is 2.35. The smallest absolute Gasteiger partial charge is 0.407 e. The molecule has 0 radical (unpaired) electrons. The Bertz CT molecular complexity index is 1140. The third kappa shape index (κ3) is 5.98. The Kier molecular flexibility index (Phi) is 7.14. The zero-order valence-corrected chi connectivity index (χ0v) is 20.2. The van der Waals surface area contributed by atoms with Gasteiger partial charge in [0.05, 0.1) is 11.8 Å². The van der Waals surface area contributed by atoms with Gasteiger partial charge in [-0.3, -0.25) is 4.90 Å². The molecule has 1 N–H and O–H groups in total. The highest BCUT2D eigenvalue weighted by molar-refractivity contribution is 7.94. The standard InChI is InChI=1S/C24H24Cl2N2O4S/c25-21-5-1-19(2-6-21)23(20-3-7-22(26)8-4-20)28-13-18(14-28)16-33(31,32)15-17-9-11-27(12-10-17)24(29)30/h1-9,16,23H,10-15H2,(H,29,30). The maximum Gasteiger partial charge on any atom is 0.407 e. The largest absolute Gasteiger partial charge is 0.465 e. The average molecular weight is 507 g/mol. The second kappa shape index (κ2) is 9.89. The van der Waals surface area contributed by atoms with Crippen molar-refractivity contribution in [2.75, 3.05) is 31.9 Å². The molecular formula is C24H24Cl2N2O4S. The SMILES string of the molecule is O=C(O)N1CC=C(CS(=O)(=O)C=C2CN(C(c3ccc(Cl)cc3)c3ccc(Cl)cc3)C2)CC1. The van der Waals surface area contributed by atoms with Gasteiger partial charge < -0.3 is 10.0 Å². The third-order valence-corrected chi connectivity index (χ3v) is 7.83. The van der Waals surface area contributed by atoms with Crippen molar-refractivity contribution in [1.82, 2.24) is 9.80 Å². The summed E-state index contributed by atoms with van der Waals surface area (Å²) in [7, 11) is -3.43. The van der Waals surface area contributed by atoms with Crippen molar-refractivity contribution in [2.45, 2.75) is 12.5 Å². The number of rotatable bonds is 6. The molecule has 0 aromatic heterocycles. The Hall–Kier alpha value is -2.32.